The molecule has 0 aliphatic rings. The fourth-order valence-electron chi connectivity index (χ4n) is 3.64. The molecular weight excluding hydrogens is 501 g/mol. The van der Waals surface area contributed by atoms with Crippen LogP contribution in [0.5, 0.6) is 0 Å². The van der Waals surface area contributed by atoms with Gasteiger partial charge in [0.15, 0.2) is 16.6 Å². The molecule has 2 rings (SSSR count). The van der Waals surface area contributed by atoms with Crippen LogP contribution in [0.25, 0.3) is 0 Å². The van der Waals surface area contributed by atoms with Crippen LogP contribution in [-0.4, -0.2) is 48.3 Å². The SMILES string of the molecule is C.C.C.C.C[Si](C)(CCCN)O[SiH2]O[Si](O[Si](C)(C)CCCN)(c1ccccc1)c1ccccc1. The fourth-order valence-corrected chi connectivity index (χ4v) is 17.2. The number of hydrogen-bond acceptors (Lipinski definition) is 5. The van der Waals surface area contributed by atoms with E-state index in [0.717, 1.165) is 35.3 Å². The summed E-state index contributed by atoms with van der Waals surface area (Å²) in [4.78, 5) is 0. The minimum atomic E-state index is -2.91. The second kappa shape index (κ2) is 18.4. The van der Waals surface area contributed by atoms with Crippen LogP contribution in [0, 0.1) is 0 Å². The zero-order chi connectivity index (χ0) is 22.8. The molecule has 35 heavy (non-hydrogen) atoms. The Bertz CT molecular complexity index is 726. The summed E-state index contributed by atoms with van der Waals surface area (Å²) in [5.74, 6) is 0. The van der Waals surface area contributed by atoms with Gasteiger partial charge in [0.25, 0.3) is 10.0 Å². The zero-order valence-electron chi connectivity index (χ0n) is 19.6. The van der Waals surface area contributed by atoms with Gasteiger partial charge in [-0.05, 0) is 74.6 Å². The summed E-state index contributed by atoms with van der Waals surface area (Å²) in [6.45, 7) is 10.5. The molecule has 0 fully saturated rings. The van der Waals surface area contributed by atoms with E-state index in [2.05, 4.69) is 74.7 Å². The Hall–Kier alpha value is -0.892. The average molecular weight is 557 g/mol. The fraction of sp³-hybridized carbons (Fsp3) is 0.538. The first-order chi connectivity index (χ1) is 14.7. The van der Waals surface area contributed by atoms with Crippen LogP contribution in [0.3, 0.4) is 0 Å². The van der Waals surface area contributed by atoms with E-state index in [1.165, 1.54) is 0 Å². The highest BCUT2D eigenvalue weighted by Crippen LogP contribution is 2.22. The first-order valence-corrected chi connectivity index (χ1v) is 20.4. The van der Waals surface area contributed by atoms with Gasteiger partial charge in [-0.2, -0.15) is 0 Å². The van der Waals surface area contributed by atoms with Crippen molar-refractivity contribution >= 4 is 45.6 Å². The summed E-state index contributed by atoms with van der Waals surface area (Å²) in [5, 5.41) is 2.29. The minimum absolute atomic E-state index is 0. The van der Waals surface area contributed by atoms with Gasteiger partial charge in [0.2, 0.25) is 0 Å². The Morgan fingerprint density at radius 1 is 0.629 bits per heavy atom. The molecule has 0 aliphatic carbocycles. The van der Waals surface area contributed by atoms with Crippen LogP contribution < -0.4 is 21.8 Å². The molecule has 0 heterocycles. The quantitative estimate of drug-likeness (QED) is 0.322. The second-order valence-electron chi connectivity index (χ2n) is 9.16. The third-order valence-corrected chi connectivity index (χ3v) is 19.8. The summed E-state index contributed by atoms with van der Waals surface area (Å²) >= 11 is 0. The lowest BCUT2D eigenvalue weighted by Crippen LogP contribution is -2.68. The van der Waals surface area contributed by atoms with Gasteiger partial charge in [-0.25, -0.2) is 0 Å². The van der Waals surface area contributed by atoms with Crippen molar-refractivity contribution in [3.05, 3.63) is 60.7 Å². The molecule has 0 amide bonds. The molecule has 0 unspecified atom stereocenters. The van der Waals surface area contributed by atoms with Crippen LogP contribution in [-0.2, 0) is 12.3 Å². The van der Waals surface area contributed by atoms with Crippen LogP contribution >= 0.6 is 0 Å². The van der Waals surface area contributed by atoms with Crippen LogP contribution in [0.15, 0.2) is 60.7 Å². The molecule has 0 bridgehead atoms. The molecule has 2 aromatic carbocycles. The lowest BCUT2D eigenvalue weighted by molar-refractivity contribution is 0.378. The number of hydrogen-bond donors (Lipinski definition) is 2. The summed E-state index contributed by atoms with van der Waals surface area (Å²) in [6, 6.07) is 23.1. The van der Waals surface area contributed by atoms with E-state index in [4.69, 9.17) is 23.8 Å². The van der Waals surface area contributed by atoms with Crippen molar-refractivity contribution in [1.82, 2.24) is 0 Å². The van der Waals surface area contributed by atoms with E-state index in [0.29, 0.717) is 13.1 Å². The average Bonchev–Trinajstić information content (AvgIpc) is 2.76. The Morgan fingerprint density at radius 2 is 1.03 bits per heavy atom. The molecule has 0 spiro atoms. The van der Waals surface area contributed by atoms with Gasteiger partial charge in [-0.3, -0.25) is 0 Å². The standard InChI is InChI=1S/C22H40N2O3Si4.4CH4/c1-29(2,19-11-17-23)25-28-26-31(21-13-7-5-8-14-21,22-15-9-6-10-16-22)27-30(3,4)20-12-18-24;;;;/h5-10,13-16H,11-12,17-20,23-24,28H2,1-4H3;4*1H4. The van der Waals surface area contributed by atoms with Crippen LogP contribution in [0.2, 0.25) is 38.3 Å². The van der Waals surface area contributed by atoms with E-state index in [1.807, 2.05) is 12.1 Å². The Balaban J connectivity index is -0.00000256. The number of benzene rings is 2. The van der Waals surface area contributed by atoms with E-state index in [9.17, 15) is 0 Å². The van der Waals surface area contributed by atoms with Gasteiger partial charge in [-0.1, -0.05) is 90.4 Å². The normalized spacial score (nSPS) is 11.7. The van der Waals surface area contributed by atoms with Crippen molar-refractivity contribution in [1.29, 1.82) is 0 Å². The monoisotopic (exact) mass is 556 g/mol. The molecule has 0 aliphatic heterocycles. The Labute approximate surface area is 223 Å². The van der Waals surface area contributed by atoms with Gasteiger partial charge in [0, 0.05) is 0 Å². The third-order valence-electron chi connectivity index (χ3n) is 5.41. The lowest BCUT2D eigenvalue weighted by Gasteiger charge is -2.39. The van der Waals surface area contributed by atoms with E-state index < -0.39 is 35.2 Å². The largest absolute Gasteiger partial charge is 0.441 e. The molecule has 204 valence electrons. The Kier molecular flexibility index (Phi) is 20.3. The maximum Gasteiger partial charge on any atom is 0.387 e. The third kappa shape index (κ3) is 12.3. The van der Waals surface area contributed by atoms with Crippen molar-refractivity contribution in [2.24, 2.45) is 11.5 Å². The molecule has 0 aromatic heterocycles. The lowest BCUT2D eigenvalue weighted by atomic mass is 10.4. The first-order valence-electron chi connectivity index (χ1n) is 11.2. The highest BCUT2D eigenvalue weighted by Gasteiger charge is 2.47. The maximum atomic E-state index is 7.15. The summed E-state index contributed by atoms with van der Waals surface area (Å²) in [5.41, 5.74) is 11.5. The van der Waals surface area contributed by atoms with Gasteiger partial charge in [0.1, 0.15) is 0 Å². The highest BCUT2D eigenvalue weighted by atomic mass is 28.5. The van der Waals surface area contributed by atoms with E-state index >= 15 is 0 Å². The topological polar surface area (TPSA) is 79.7 Å². The summed E-state index contributed by atoms with van der Waals surface area (Å²) in [6.07, 6.45) is 1.98. The van der Waals surface area contributed by atoms with Gasteiger partial charge in [-0.15, -0.1) is 0 Å². The first kappa shape index (κ1) is 38.6. The van der Waals surface area contributed by atoms with Crippen LogP contribution in [0.4, 0.5) is 0 Å². The smallest absolute Gasteiger partial charge is 0.387 e. The predicted octanol–water partition coefficient (Wildman–Crippen LogP) is 4.94. The van der Waals surface area contributed by atoms with Crippen molar-refractivity contribution in [2.45, 2.75) is 80.8 Å². The summed E-state index contributed by atoms with van der Waals surface area (Å²) in [7, 11) is -7.97. The number of rotatable bonds is 14. The highest BCUT2D eigenvalue weighted by molar-refractivity contribution is 7.00. The zero-order valence-corrected chi connectivity index (χ0v) is 24.0. The van der Waals surface area contributed by atoms with Gasteiger partial charge in [0.05, 0.1) is 0 Å². The molecule has 0 atom stereocenters. The molecule has 9 heteroatoms. The van der Waals surface area contributed by atoms with Gasteiger partial charge >= 0.3 is 8.56 Å². The summed E-state index contributed by atoms with van der Waals surface area (Å²) < 4.78 is 20.5. The minimum Gasteiger partial charge on any atom is -0.441 e. The maximum absolute atomic E-state index is 7.15. The van der Waals surface area contributed by atoms with Crippen molar-refractivity contribution in [3.63, 3.8) is 0 Å². The predicted molar refractivity (Wildman–Crippen MR) is 169 cm³/mol. The molecular formula is C26H56N2O3Si4. The van der Waals surface area contributed by atoms with Crippen molar-refractivity contribution in [3.8, 4) is 0 Å². The van der Waals surface area contributed by atoms with Gasteiger partial charge < -0.3 is 23.8 Å². The number of nitrogens with two attached hydrogens (primary N) is 2. The molecule has 0 radical (unpaired) electrons. The van der Waals surface area contributed by atoms with E-state index in [-0.39, 0.29) is 29.7 Å². The molecule has 5 nitrogen and oxygen atoms in total. The molecule has 2 aromatic rings. The Morgan fingerprint density at radius 3 is 1.43 bits per heavy atom. The van der Waals surface area contributed by atoms with Crippen molar-refractivity contribution < 1.29 is 12.3 Å². The molecule has 0 saturated carbocycles. The molecule has 4 N–H and O–H groups in total. The van der Waals surface area contributed by atoms with Crippen LogP contribution in [0.1, 0.15) is 42.5 Å². The second-order valence-corrected chi connectivity index (χ2v) is 22.9. The van der Waals surface area contributed by atoms with E-state index in [1.54, 1.807) is 0 Å². The van der Waals surface area contributed by atoms with Crippen molar-refractivity contribution in [2.75, 3.05) is 13.1 Å². The molecule has 0 saturated heterocycles.